The van der Waals surface area contributed by atoms with Crippen LogP contribution in [0.3, 0.4) is 0 Å². The fourth-order valence-electron chi connectivity index (χ4n) is 1.46. The van der Waals surface area contributed by atoms with Crippen molar-refractivity contribution in [1.82, 2.24) is 0 Å². The van der Waals surface area contributed by atoms with Gasteiger partial charge in [-0.25, -0.2) is 0 Å². The van der Waals surface area contributed by atoms with E-state index >= 15 is 0 Å². The van der Waals surface area contributed by atoms with Gasteiger partial charge >= 0.3 is 0 Å². The van der Waals surface area contributed by atoms with Crippen LogP contribution in [0.4, 0.5) is 5.69 Å². The molecule has 0 spiro atoms. The first-order chi connectivity index (χ1) is 7.56. The first kappa shape index (κ1) is 12.7. The highest BCUT2D eigenvalue weighted by Gasteiger charge is 2.18. The van der Waals surface area contributed by atoms with Gasteiger partial charge in [0.05, 0.1) is 6.61 Å². The zero-order valence-corrected chi connectivity index (χ0v) is 9.93. The van der Waals surface area contributed by atoms with Crippen LogP contribution in [0.1, 0.15) is 5.56 Å². The predicted molar refractivity (Wildman–Crippen MR) is 64.4 cm³/mol. The Morgan fingerprint density at radius 1 is 1.56 bits per heavy atom. The fraction of sp³-hybridized carbons (Fsp3) is 0.417. The summed E-state index contributed by atoms with van der Waals surface area (Å²) in [5.74, 6) is -0.146. The number of amides is 1. The van der Waals surface area contributed by atoms with Crippen LogP contribution in [-0.2, 0) is 9.53 Å². The van der Waals surface area contributed by atoms with Crippen molar-refractivity contribution in [2.45, 2.75) is 13.0 Å². The summed E-state index contributed by atoms with van der Waals surface area (Å²) in [4.78, 5) is 13.4. The third-order valence-electron chi connectivity index (χ3n) is 2.38. The predicted octanol–water partition coefficient (Wildman–Crippen LogP) is 0.932. The van der Waals surface area contributed by atoms with Crippen molar-refractivity contribution >= 4 is 11.6 Å². The topological polar surface area (TPSA) is 55.6 Å². The Bertz CT molecular complexity index is 366. The van der Waals surface area contributed by atoms with E-state index in [1.807, 2.05) is 31.2 Å². The minimum absolute atomic E-state index is 0.146. The number of carbonyl (C=O) groups is 1. The summed E-state index contributed by atoms with van der Waals surface area (Å²) >= 11 is 0. The zero-order chi connectivity index (χ0) is 12.1. The van der Waals surface area contributed by atoms with Crippen molar-refractivity contribution in [2.24, 2.45) is 5.73 Å². The second kappa shape index (κ2) is 5.63. The third kappa shape index (κ3) is 3.05. The number of benzene rings is 1. The van der Waals surface area contributed by atoms with Gasteiger partial charge in [-0.2, -0.15) is 0 Å². The van der Waals surface area contributed by atoms with Crippen molar-refractivity contribution in [3.8, 4) is 0 Å². The highest BCUT2D eigenvalue weighted by atomic mass is 16.5. The van der Waals surface area contributed by atoms with E-state index in [0.717, 1.165) is 11.3 Å². The number of nitrogens with two attached hydrogens (primary N) is 1. The third-order valence-corrected chi connectivity index (χ3v) is 2.38. The molecule has 1 aromatic rings. The van der Waals surface area contributed by atoms with Crippen LogP contribution in [0, 0.1) is 6.92 Å². The van der Waals surface area contributed by atoms with Gasteiger partial charge < -0.3 is 15.4 Å². The lowest BCUT2D eigenvalue weighted by atomic mass is 10.2. The normalized spacial score (nSPS) is 12.2. The number of rotatable bonds is 4. The Morgan fingerprint density at radius 2 is 2.25 bits per heavy atom. The van der Waals surface area contributed by atoms with Crippen molar-refractivity contribution in [3.63, 3.8) is 0 Å². The van der Waals surface area contributed by atoms with Crippen molar-refractivity contribution in [3.05, 3.63) is 29.8 Å². The largest absolute Gasteiger partial charge is 0.383 e. The lowest BCUT2D eigenvalue weighted by molar-refractivity contribution is -0.120. The molecule has 0 saturated carbocycles. The molecule has 1 unspecified atom stereocenters. The summed E-state index contributed by atoms with van der Waals surface area (Å²) in [6, 6.07) is 7.10. The Labute approximate surface area is 96.0 Å². The summed E-state index contributed by atoms with van der Waals surface area (Å²) in [6.07, 6.45) is 0. The molecule has 1 rings (SSSR count). The van der Waals surface area contributed by atoms with Gasteiger partial charge in [-0.3, -0.25) is 4.79 Å². The molecular formula is C12H18N2O2. The van der Waals surface area contributed by atoms with Gasteiger partial charge in [-0.05, 0) is 24.6 Å². The fourth-order valence-corrected chi connectivity index (χ4v) is 1.46. The highest BCUT2D eigenvalue weighted by Crippen LogP contribution is 2.14. The molecule has 0 aliphatic heterocycles. The van der Waals surface area contributed by atoms with Crippen LogP contribution < -0.4 is 10.6 Å². The number of likely N-dealkylation sites (N-methyl/N-ethyl adjacent to an activating group) is 1. The molecule has 1 atom stereocenters. The number of nitrogens with zero attached hydrogens (tertiary/aromatic N) is 1. The van der Waals surface area contributed by atoms with Crippen LogP contribution >= 0.6 is 0 Å². The second-order valence-electron chi connectivity index (χ2n) is 3.80. The standard InChI is InChI=1S/C12H18N2O2/c1-9-5-4-6-10(7-9)14(2)12(15)11(13)8-16-3/h4-7,11H,8,13H2,1-3H3. The van der Waals surface area contributed by atoms with Gasteiger partial charge in [0.2, 0.25) is 5.91 Å². The highest BCUT2D eigenvalue weighted by molar-refractivity contribution is 5.96. The van der Waals surface area contributed by atoms with Crippen molar-refractivity contribution in [2.75, 3.05) is 25.7 Å². The van der Waals surface area contributed by atoms with Crippen LogP contribution in [0.25, 0.3) is 0 Å². The van der Waals surface area contributed by atoms with Crippen LogP contribution in [0.15, 0.2) is 24.3 Å². The number of methoxy groups -OCH3 is 1. The molecule has 0 bridgehead atoms. The van der Waals surface area contributed by atoms with Gasteiger partial charge in [0, 0.05) is 19.8 Å². The Morgan fingerprint density at radius 3 is 2.81 bits per heavy atom. The minimum atomic E-state index is -0.615. The monoisotopic (exact) mass is 222 g/mol. The lowest BCUT2D eigenvalue weighted by Gasteiger charge is -2.21. The number of hydrogen-bond acceptors (Lipinski definition) is 3. The van der Waals surface area contributed by atoms with Gasteiger partial charge in [-0.15, -0.1) is 0 Å². The van der Waals surface area contributed by atoms with E-state index in [9.17, 15) is 4.79 Å². The molecule has 4 heteroatoms. The van der Waals surface area contributed by atoms with E-state index in [1.165, 1.54) is 7.11 Å². The average molecular weight is 222 g/mol. The van der Waals surface area contributed by atoms with Gasteiger partial charge in [0.25, 0.3) is 0 Å². The van der Waals surface area contributed by atoms with E-state index in [1.54, 1.807) is 11.9 Å². The molecule has 4 nitrogen and oxygen atoms in total. The number of hydrogen-bond donors (Lipinski definition) is 1. The Balaban J connectivity index is 2.77. The molecule has 0 fully saturated rings. The molecule has 1 aromatic carbocycles. The molecule has 16 heavy (non-hydrogen) atoms. The van der Waals surface area contributed by atoms with E-state index in [4.69, 9.17) is 10.5 Å². The average Bonchev–Trinajstić information content (AvgIpc) is 2.27. The number of aryl methyl sites for hydroxylation is 1. The van der Waals surface area contributed by atoms with Gasteiger partial charge in [0.15, 0.2) is 0 Å². The van der Waals surface area contributed by atoms with Gasteiger partial charge in [-0.1, -0.05) is 12.1 Å². The maximum Gasteiger partial charge on any atom is 0.246 e. The zero-order valence-electron chi connectivity index (χ0n) is 9.93. The number of anilines is 1. The summed E-state index contributed by atoms with van der Waals surface area (Å²) in [5.41, 5.74) is 7.64. The maximum absolute atomic E-state index is 11.9. The lowest BCUT2D eigenvalue weighted by Crippen LogP contribution is -2.44. The molecule has 0 aliphatic carbocycles. The SMILES string of the molecule is COCC(N)C(=O)N(C)c1cccc(C)c1. The smallest absolute Gasteiger partial charge is 0.246 e. The van der Waals surface area contributed by atoms with Crippen molar-refractivity contribution in [1.29, 1.82) is 0 Å². The van der Waals surface area contributed by atoms with Gasteiger partial charge in [0.1, 0.15) is 6.04 Å². The summed E-state index contributed by atoms with van der Waals surface area (Å²) in [5, 5.41) is 0. The number of ether oxygens (including phenoxy) is 1. The van der Waals surface area contributed by atoms with E-state index in [2.05, 4.69) is 0 Å². The molecule has 0 aliphatic rings. The minimum Gasteiger partial charge on any atom is -0.383 e. The van der Waals surface area contributed by atoms with Crippen molar-refractivity contribution < 1.29 is 9.53 Å². The van der Waals surface area contributed by atoms with Crippen LogP contribution in [0.5, 0.6) is 0 Å². The summed E-state index contributed by atoms with van der Waals surface area (Å²) in [6.45, 7) is 2.21. The Hall–Kier alpha value is -1.39. The molecular weight excluding hydrogens is 204 g/mol. The number of carbonyl (C=O) groups excluding carboxylic acids is 1. The van der Waals surface area contributed by atoms with Crippen LogP contribution in [-0.4, -0.2) is 32.7 Å². The van der Waals surface area contributed by atoms with Crippen LogP contribution in [0.2, 0.25) is 0 Å². The maximum atomic E-state index is 11.9. The molecule has 0 saturated heterocycles. The molecule has 0 heterocycles. The van der Waals surface area contributed by atoms with E-state index < -0.39 is 6.04 Å². The molecule has 1 amide bonds. The molecule has 0 radical (unpaired) electrons. The van der Waals surface area contributed by atoms with E-state index in [0.29, 0.717) is 0 Å². The summed E-state index contributed by atoms with van der Waals surface area (Å²) < 4.78 is 4.86. The summed E-state index contributed by atoms with van der Waals surface area (Å²) in [7, 11) is 3.24. The first-order valence-electron chi connectivity index (χ1n) is 5.15. The quantitative estimate of drug-likeness (QED) is 0.824. The Kier molecular flexibility index (Phi) is 4.46. The molecule has 88 valence electrons. The molecule has 0 aromatic heterocycles. The second-order valence-corrected chi connectivity index (χ2v) is 3.80. The first-order valence-corrected chi connectivity index (χ1v) is 5.15. The van der Waals surface area contributed by atoms with E-state index in [-0.39, 0.29) is 12.5 Å². The molecule has 2 N–H and O–H groups in total.